The SMILES string of the molecule is Cc1ccc2oc(C(=O)OCc3cc(C)on3)cc(=O)c2c1. The highest BCUT2D eigenvalue weighted by Gasteiger charge is 2.15. The second kappa shape index (κ2) is 5.48. The highest BCUT2D eigenvalue weighted by atomic mass is 16.5. The zero-order valence-corrected chi connectivity index (χ0v) is 12.1. The molecule has 112 valence electrons. The Morgan fingerprint density at radius 3 is 2.77 bits per heavy atom. The van der Waals surface area contributed by atoms with Crippen molar-refractivity contribution >= 4 is 16.9 Å². The third-order valence-corrected chi connectivity index (χ3v) is 3.11. The Morgan fingerprint density at radius 1 is 1.23 bits per heavy atom. The molecule has 0 atom stereocenters. The van der Waals surface area contributed by atoms with Gasteiger partial charge in [0.25, 0.3) is 0 Å². The normalized spacial score (nSPS) is 10.8. The molecule has 6 heteroatoms. The van der Waals surface area contributed by atoms with Gasteiger partial charge in [0.2, 0.25) is 5.76 Å². The fourth-order valence-corrected chi connectivity index (χ4v) is 2.07. The van der Waals surface area contributed by atoms with Crippen LogP contribution in [0.15, 0.2) is 44.1 Å². The topological polar surface area (TPSA) is 82.5 Å². The Morgan fingerprint density at radius 2 is 2.05 bits per heavy atom. The van der Waals surface area contributed by atoms with Gasteiger partial charge in [-0.25, -0.2) is 4.79 Å². The summed E-state index contributed by atoms with van der Waals surface area (Å²) >= 11 is 0. The van der Waals surface area contributed by atoms with Crippen LogP contribution in [0, 0.1) is 13.8 Å². The fourth-order valence-electron chi connectivity index (χ4n) is 2.07. The Balaban J connectivity index is 1.85. The van der Waals surface area contributed by atoms with Crippen molar-refractivity contribution in [3.8, 4) is 0 Å². The molecule has 2 heterocycles. The van der Waals surface area contributed by atoms with Gasteiger partial charge in [-0.05, 0) is 26.0 Å². The number of rotatable bonds is 3. The predicted octanol–water partition coefficient (Wildman–Crippen LogP) is 2.75. The van der Waals surface area contributed by atoms with E-state index in [9.17, 15) is 9.59 Å². The van der Waals surface area contributed by atoms with Gasteiger partial charge in [0.15, 0.2) is 5.43 Å². The van der Waals surface area contributed by atoms with Gasteiger partial charge in [-0.2, -0.15) is 0 Å². The Kier molecular flexibility index (Phi) is 3.50. The smallest absolute Gasteiger partial charge is 0.374 e. The lowest BCUT2D eigenvalue weighted by Crippen LogP contribution is -2.10. The van der Waals surface area contributed by atoms with Crippen LogP contribution < -0.4 is 5.43 Å². The lowest BCUT2D eigenvalue weighted by Gasteiger charge is -2.03. The van der Waals surface area contributed by atoms with E-state index in [0.29, 0.717) is 22.4 Å². The highest BCUT2D eigenvalue weighted by molar-refractivity contribution is 5.89. The molecule has 0 saturated heterocycles. The van der Waals surface area contributed by atoms with Crippen LogP contribution in [-0.4, -0.2) is 11.1 Å². The molecule has 0 bridgehead atoms. The summed E-state index contributed by atoms with van der Waals surface area (Å²) in [6.07, 6.45) is 0. The lowest BCUT2D eigenvalue weighted by atomic mass is 10.1. The van der Waals surface area contributed by atoms with Crippen LogP contribution >= 0.6 is 0 Å². The average Bonchev–Trinajstić information content (AvgIpc) is 2.91. The summed E-state index contributed by atoms with van der Waals surface area (Å²) in [6, 6.07) is 7.97. The van der Waals surface area contributed by atoms with Crippen molar-refractivity contribution in [1.82, 2.24) is 5.16 Å². The molecule has 3 rings (SSSR count). The van der Waals surface area contributed by atoms with Crippen molar-refractivity contribution < 1.29 is 18.5 Å². The lowest BCUT2D eigenvalue weighted by molar-refractivity contribution is 0.0428. The monoisotopic (exact) mass is 299 g/mol. The summed E-state index contributed by atoms with van der Waals surface area (Å²) in [5.41, 5.74) is 1.50. The van der Waals surface area contributed by atoms with E-state index >= 15 is 0 Å². The minimum atomic E-state index is -0.722. The fraction of sp³-hybridized carbons (Fsp3) is 0.188. The first-order valence-electron chi connectivity index (χ1n) is 6.67. The van der Waals surface area contributed by atoms with Crippen LogP contribution in [0.5, 0.6) is 0 Å². The number of hydrogen-bond donors (Lipinski definition) is 0. The minimum absolute atomic E-state index is 0.0498. The van der Waals surface area contributed by atoms with Crippen molar-refractivity contribution in [2.75, 3.05) is 0 Å². The molecular weight excluding hydrogens is 286 g/mol. The van der Waals surface area contributed by atoms with Crippen molar-refractivity contribution in [3.05, 3.63) is 63.3 Å². The standard InChI is InChI=1S/C16H13NO5/c1-9-3-4-14-12(5-9)13(18)7-15(21-14)16(19)20-8-11-6-10(2)22-17-11/h3-7H,8H2,1-2H3. The van der Waals surface area contributed by atoms with Gasteiger partial charge in [-0.1, -0.05) is 16.8 Å². The molecule has 0 radical (unpaired) electrons. The highest BCUT2D eigenvalue weighted by Crippen LogP contribution is 2.15. The number of aromatic nitrogens is 1. The van der Waals surface area contributed by atoms with Crippen LogP contribution in [0.2, 0.25) is 0 Å². The Labute approximate surface area is 125 Å². The van der Waals surface area contributed by atoms with E-state index in [0.717, 1.165) is 11.6 Å². The molecule has 0 saturated carbocycles. The molecule has 6 nitrogen and oxygen atoms in total. The third-order valence-electron chi connectivity index (χ3n) is 3.11. The molecule has 22 heavy (non-hydrogen) atoms. The first-order chi connectivity index (χ1) is 10.5. The summed E-state index contributed by atoms with van der Waals surface area (Å²) in [4.78, 5) is 24.0. The molecule has 0 unspecified atom stereocenters. The van der Waals surface area contributed by atoms with Crippen LogP contribution in [-0.2, 0) is 11.3 Å². The molecule has 0 fully saturated rings. The van der Waals surface area contributed by atoms with Gasteiger partial charge in [-0.3, -0.25) is 4.79 Å². The second-order valence-corrected chi connectivity index (χ2v) is 4.98. The first kappa shape index (κ1) is 14.1. The van der Waals surface area contributed by atoms with Crippen LogP contribution in [0.3, 0.4) is 0 Å². The van der Waals surface area contributed by atoms with E-state index in [4.69, 9.17) is 13.7 Å². The maximum Gasteiger partial charge on any atom is 0.374 e. The van der Waals surface area contributed by atoms with E-state index < -0.39 is 5.97 Å². The molecule has 0 N–H and O–H groups in total. The van der Waals surface area contributed by atoms with E-state index in [-0.39, 0.29) is 17.8 Å². The van der Waals surface area contributed by atoms with E-state index in [1.807, 2.05) is 6.92 Å². The minimum Gasteiger partial charge on any atom is -0.453 e. The molecular formula is C16H13NO5. The molecule has 0 aliphatic rings. The Bertz CT molecular complexity index is 906. The zero-order valence-electron chi connectivity index (χ0n) is 12.1. The quantitative estimate of drug-likeness (QED) is 0.691. The molecule has 1 aromatic carbocycles. The van der Waals surface area contributed by atoms with Crippen molar-refractivity contribution in [1.29, 1.82) is 0 Å². The third kappa shape index (κ3) is 2.76. The largest absolute Gasteiger partial charge is 0.453 e. The number of aryl methyl sites for hydroxylation is 2. The van der Waals surface area contributed by atoms with Gasteiger partial charge >= 0.3 is 5.97 Å². The predicted molar refractivity (Wildman–Crippen MR) is 77.6 cm³/mol. The summed E-state index contributed by atoms with van der Waals surface area (Å²) in [7, 11) is 0. The number of benzene rings is 1. The number of nitrogens with zero attached hydrogens (tertiary/aromatic N) is 1. The summed E-state index contributed by atoms with van der Waals surface area (Å²) < 4.78 is 15.4. The average molecular weight is 299 g/mol. The second-order valence-electron chi connectivity index (χ2n) is 4.98. The molecule has 0 aliphatic heterocycles. The van der Waals surface area contributed by atoms with Gasteiger partial charge in [-0.15, -0.1) is 0 Å². The van der Waals surface area contributed by atoms with Crippen LogP contribution in [0.4, 0.5) is 0 Å². The van der Waals surface area contributed by atoms with Gasteiger partial charge in [0, 0.05) is 12.1 Å². The van der Waals surface area contributed by atoms with E-state index in [2.05, 4.69) is 5.16 Å². The van der Waals surface area contributed by atoms with Crippen molar-refractivity contribution in [2.45, 2.75) is 20.5 Å². The van der Waals surface area contributed by atoms with Crippen LogP contribution in [0.25, 0.3) is 11.0 Å². The van der Waals surface area contributed by atoms with Crippen molar-refractivity contribution in [3.63, 3.8) is 0 Å². The Hall–Kier alpha value is -2.89. The number of carbonyl (C=O) groups excluding carboxylic acids is 1. The number of carbonyl (C=O) groups is 1. The molecule has 3 aromatic rings. The molecule has 2 aromatic heterocycles. The van der Waals surface area contributed by atoms with E-state index in [1.165, 1.54) is 0 Å². The summed E-state index contributed by atoms with van der Waals surface area (Å²) in [6.45, 7) is 3.56. The van der Waals surface area contributed by atoms with Crippen molar-refractivity contribution in [2.24, 2.45) is 0 Å². The zero-order chi connectivity index (χ0) is 15.7. The number of esters is 1. The number of ether oxygens (including phenoxy) is 1. The van der Waals surface area contributed by atoms with Gasteiger partial charge in [0.05, 0.1) is 5.39 Å². The molecule has 0 amide bonds. The number of fused-ring (bicyclic) bond motifs is 1. The van der Waals surface area contributed by atoms with E-state index in [1.54, 1.807) is 31.2 Å². The number of hydrogen-bond acceptors (Lipinski definition) is 6. The maximum atomic E-state index is 12.0. The van der Waals surface area contributed by atoms with Gasteiger partial charge < -0.3 is 13.7 Å². The van der Waals surface area contributed by atoms with Gasteiger partial charge in [0.1, 0.15) is 23.6 Å². The molecule has 0 aliphatic carbocycles. The first-order valence-corrected chi connectivity index (χ1v) is 6.67. The van der Waals surface area contributed by atoms with Crippen LogP contribution in [0.1, 0.15) is 27.6 Å². The maximum absolute atomic E-state index is 12.0. The summed E-state index contributed by atoms with van der Waals surface area (Å²) in [5.74, 6) is -0.236. The molecule has 0 spiro atoms. The summed E-state index contributed by atoms with van der Waals surface area (Å²) in [5, 5.41) is 4.15.